The van der Waals surface area contributed by atoms with Crippen molar-refractivity contribution in [2.24, 2.45) is 5.92 Å². The van der Waals surface area contributed by atoms with Gasteiger partial charge in [-0.05, 0) is 5.92 Å². The Morgan fingerprint density at radius 2 is 2.00 bits per heavy atom. The van der Waals surface area contributed by atoms with Crippen LogP contribution in [0.5, 0.6) is 0 Å². The summed E-state index contributed by atoms with van der Waals surface area (Å²) in [7, 11) is 0. The minimum Gasteiger partial charge on any atom is -0.389 e. The molecule has 1 saturated heterocycles. The molecule has 1 fully saturated rings. The maximum atomic E-state index is 9.69. The van der Waals surface area contributed by atoms with E-state index in [0.29, 0.717) is 19.1 Å². The van der Waals surface area contributed by atoms with Gasteiger partial charge in [-0.2, -0.15) is 11.8 Å². The molecule has 1 heterocycles. The van der Waals surface area contributed by atoms with Crippen LogP contribution in [0.4, 0.5) is 0 Å². The van der Waals surface area contributed by atoms with E-state index in [1.807, 2.05) is 11.8 Å². The molecule has 4 nitrogen and oxygen atoms in total. The van der Waals surface area contributed by atoms with E-state index in [-0.39, 0.29) is 6.10 Å². The molecule has 0 aromatic carbocycles. The Bertz CT molecular complexity index is 199. The number of nitrogens with zero attached hydrogens (tertiary/aromatic N) is 1. The Labute approximate surface area is 115 Å². The van der Waals surface area contributed by atoms with Crippen LogP contribution in [0.25, 0.3) is 0 Å². The number of aliphatic hydroxyl groups is 1. The van der Waals surface area contributed by atoms with E-state index in [9.17, 15) is 5.11 Å². The molecule has 1 unspecified atom stereocenters. The van der Waals surface area contributed by atoms with Crippen molar-refractivity contribution in [3.05, 3.63) is 0 Å². The summed E-state index contributed by atoms with van der Waals surface area (Å²) >= 11 is 2.04. The summed E-state index contributed by atoms with van der Waals surface area (Å²) in [6.07, 6.45) is -0.388. The fourth-order valence-corrected chi connectivity index (χ4v) is 2.81. The molecular formula is C13H28N2O2S. The van der Waals surface area contributed by atoms with E-state index in [1.54, 1.807) is 0 Å². The highest BCUT2D eigenvalue weighted by atomic mass is 32.2. The Morgan fingerprint density at radius 1 is 1.28 bits per heavy atom. The van der Waals surface area contributed by atoms with Crippen LogP contribution >= 0.6 is 11.8 Å². The zero-order valence-electron chi connectivity index (χ0n) is 11.7. The molecule has 0 aromatic heterocycles. The third-order valence-electron chi connectivity index (χ3n) is 2.85. The first kappa shape index (κ1) is 16.2. The van der Waals surface area contributed by atoms with Gasteiger partial charge in [-0.15, -0.1) is 0 Å². The van der Waals surface area contributed by atoms with E-state index >= 15 is 0 Å². The van der Waals surface area contributed by atoms with Crippen LogP contribution in [0.2, 0.25) is 0 Å². The lowest BCUT2D eigenvalue weighted by Gasteiger charge is -2.26. The van der Waals surface area contributed by atoms with Crippen molar-refractivity contribution in [2.75, 3.05) is 57.4 Å². The number of hydrogen-bond donors (Lipinski definition) is 2. The summed E-state index contributed by atoms with van der Waals surface area (Å²) in [4.78, 5) is 2.48. The zero-order chi connectivity index (χ0) is 13.2. The molecule has 108 valence electrons. The average molecular weight is 276 g/mol. The molecule has 18 heavy (non-hydrogen) atoms. The van der Waals surface area contributed by atoms with Crippen LogP contribution in [0, 0.1) is 5.92 Å². The second-order valence-electron chi connectivity index (χ2n) is 5.24. The molecule has 1 atom stereocenters. The molecule has 1 aliphatic heterocycles. The van der Waals surface area contributed by atoms with Crippen molar-refractivity contribution < 1.29 is 9.84 Å². The SMILES string of the molecule is CC(C)COCC(O)CNCCN1CCSCC1. The summed E-state index contributed by atoms with van der Waals surface area (Å²) in [5, 5.41) is 13.0. The lowest BCUT2D eigenvalue weighted by molar-refractivity contribution is 0.0260. The van der Waals surface area contributed by atoms with Gasteiger partial charge in [0.1, 0.15) is 0 Å². The normalized spacial score (nSPS) is 19.3. The minimum absolute atomic E-state index is 0.388. The smallest absolute Gasteiger partial charge is 0.0897 e. The van der Waals surface area contributed by atoms with Crippen molar-refractivity contribution in [1.29, 1.82) is 0 Å². The molecule has 1 rings (SSSR count). The standard InChI is InChI=1S/C13H28N2O2S/c1-12(2)10-17-11-13(16)9-14-3-4-15-5-7-18-8-6-15/h12-14,16H,3-11H2,1-2H3. The van der Waals surface area contributed by atoms with Gasteiger partial charge in [0.05, 0.1) is 12.7 Å². The molecule has 0 bridgehead atoms. The number of ether oxygens (including phenoxy) is 1. The van der Waals surface area contributed by atoms with Crippen LogP contribution in [-0.4, -0.2) is 73.6 Å². The van der Waals surface area contributed by atoms with Crippen LogP contribution in [0.15, 0.2) is 0 Å². The zero-order valence-corrected chi connectivity index (χ0v) is 12.5. The second kappa shape index (κ2) is 10.0. The van der Waals surface area contributed by atoms with Crippen molar-refractivity contribution >= 4 is 11.8 Å². The Balaban J connectivity index is 1.89. The van der Waals surface area contributed by atoms with Gasteiger partial charge in [-0.1, -0.05) is 13.8 Å². The molecule has 0 aliphatic carbocycles. The average Bonchev–Trinajstić information content (AvgIpc) is 2.35. The lowest BCUT2D eigenvalue weighted by atomic mass is 10.2. The van der Waals surface area contributed by atoms with Gasteiger partial charge in [0.15, 0.2) is 0 Å². The van der Waals surface area contributed by atoms with Gasteiger partial charge >= 0.3 is 0 Å². The summed E-state index contributed by atoms with van der Waals surface area (Å²) in [6, 6.07) is 0. The van der Waals surface area contributed by atoms with Crippen LogP contribution in [-0.2, 0) is 4.74 Å². The molecular weight excluding hydrogens is 248 g/mol. The lowest BCUT2D eigenvalue weighted by Crippen LogP contribution is -2.40. The third-order valence-corrected chi connectivity index (χ3v) is 3.79. The summed E-state index contributed by atoms with van der Waals surface area (Å²) in [5.74, 6) is 3.04. The summed E-state index contributed by atoms with van der Waals surface area (Å²) in [6.45, 7) is 10.4. The maximum Gasteiger partial charge on any atom is 0.0897 e. The van der Waals surface area contributed by atoms with E-state index in [1.165, 1.54) is 24.6 Å². The summed E-state index contributed by atoms with van der Waals surface area (Å²) < 4.78 is 5.40. The number of nitrogens with one attached hydrogen (secondary N) is 1. The third kappa shape index (κ3) is 8.32. The monoisotopic (exact) mass is 276 g/mol. The Kier molecular flexibility index (Phi) is 9.06. The van der Waals surface area contributed by atoms with Gasteiger partial charge in [0, 0.05) is 50.8 Å². The minimum atomic E-state index is -0.388. The number of aliphatic hydroxyl groups excluding tert-OH is 1. The second-order valence-corrected chi connectivity index (χ2v) is 6.47. The highest BCUT2D eigenvalue weighted by molar-refractivity contribution is 7.99. The predicted octanol–water partition coefficient (Wildman–Crippen LogP) is 0.658. The largest absolute Gasteiger partial charge is 0.389 e. The van der Waals surface area contributed by atoms with Crippen molar-refractivity contribution in [2.45, 2.75) is 20.0 Å². The molecule has 2 N–H and O–H groups in total. The highest BCUT2D eigenvalue weighted by Crippen LogP contribution is 2.07. The van der Waals surface area contributed by atoms with E-state index in [2.05, 4.69) is 24.1 Å². The van der Waals surface area contributed by atoms with Gasteiger partial charge in [0.2, 0.25) is 0 Å². The summed E-state index contributed by atoms with van der Waals surface area (Å²) in [5.41, 5.74) is 0. The molecule has 5 heteroatoms. The first-order valence-electron chi connectivity index (χ1n) is 6.95. The van der Waals surface area contributed by atoms with Crippen molar-refractivity contribution in [3.63, 3.8) is 0 Å². The fourth-order valence-electron chi connectivity index (χ4n) is 1.83. The van der Waals surface area contributed by atoms with Gasteiger partial charge < -0.3 is 20.1 Å². The highest BCUT2D eigenvalue weighted by Gasteiger charge is 2.10. The van der Waals surface area contributed by atoms with E-state index in [4.69, 9.17) is 4.74 Å². The van der Waals surface area contributed by atoms with Gasteiger partial charge in [-0.3, -0.25) is 0 Å². The van der Waals surface area contributed by atoms with E-state index in [0.717, 1.165) is 19.7 Å². The predicted molar refractivity (Wildman–Crippen MR) is 78.3 cm³/mol. The molecule has 0 spiro atoms. The Morgan fingerprint density at radius 3 is 2.67 bits per heavy atom. The first-order valence-corrected chi connectivity index (χ1v) is 8.10. The first-order chi connectivity index (χ1) is 8.68. The van der Waals surface area contributed by atoms with Gasteiger partial charge in [0.25, 0.3) is 0 Å². The van der Waals surface area contributed by atoms with Crippen LogP contribution in [0.1, 0.15) is 13.8 Å². The molecule has 0 saturated carbocycles. The Hall–Kier alpha value is 0.190. The molecule has 0 amide bonds. The van der Waals surface area contributed by atoms with E-state index < -0.39 is 0 Å². The van der Waals surface area contributed by atoms with Crippen LogP contribution < -0.4 is 5.32 Å². The quantitative estimate of drug-likeness (QED) is 0.606. The maximum absolute atomic E-state index is 9.69. The molecule has 0 aromatic rings. The fraction of sp³-hybridized carbons (Fsp3) is 1.00. The molecule has 0 radical (unpaired) electrons. The number of hydrogen-bond acceptors (Lipinski definition) is 5. The van der Waals surface area contributed by atoms with Crippen molar-refractivity contribution in [3.8, 4) is 0 Å². The topological polar surface area (TPSA) is 44.7 Å². The van der Waals surface area contributed by atoms with Gasteiger partial charge in [-0.25, -0.2) is 0 Å². The number of rotatable bonds is 9. The van der Waals surface area contributed by atoms with Crippen molar-refractivity contribution in [1.82, 2.24) is 10.2 Å². The number of thioether (sulfide) groups is 1. The molecule has 1 aliphatic rings. The van der Waals surface area contributed by atoms with Crippen LogP contribution in [0.3, 0.4) is 0 Å².